The molecule has 1 aromatic rings. The van der Waals surface area contributed by atoms with Gasteiger partial charge < -0.3 is 4.74 Å². The smallest absolute Gasteiger partial charge is 0.145 e. The van der Waals surface area contributed by atoms with Crippen LogP contribution in [0.15, 0.2) is 18.3 Å². The molecule has 0 radical (unpaired) electrons. The summed E-state index contributed by atoms with van der Waals surface area (Å²) in [5.74, 6) is 0. The van der Waals surface area contributed by atoms with Crippen molar-refractivity contribution in [3.05, 3.63) is 29.6 Å². The van der Waals surface area contributed by atoms with Crippen molar-refractivity contribution in [2.75, 3.05) is 0 Å². The molecule has 1 aliphatic carbocycles. The maximum atomic E-state index is 8.93. The van der Waals surface area contributed by atoms with Crippen LogP contribution in [0.5, 0.6) is 0 Å². The number of hydrogen-bond donors (Lipinski definition) is 0. The van der Waals surface area contributed by atoms with Crippen LogP contribution in [0.4, 0.5) is 0 Å². The van der Waals surface area contributed by atoms with E-state index in [1.54, 1.807) is 6.20 Å². The monoisotopic (exact) mass is 230 g/mol. The van der Waals surface area contributed by atoms with Gasteiger partial charge in [-0.25, -0.2) is 4.98 Å². The maximum absolute atomic E-state index is 8.93. The van der Waals surface area contributed by atoms with E-state index in [0.29, 0.717) is 18.4 Å². The van der Waals surface area contributed by atoms with Crippen molar-refractivity contribution in [2.24, 2.45) is 0 Å². The topological polar surface area (TPSA) is 45.9 Å². The number of nitrogens with zero attached hydrogens (tertiary/aromatic N) is 2. The van der Waals surface area contributed by atoms with Gasteiger partial charge in [-0.05, 0) is 18.9 Å². The fourth-order valence-corrected chi connectivity index (χ4v) is 2.27. The van der Waals surface area contributed by atoms with E-state index in [2.05, 4.69) is 11.1 Å². The largest absolute Gasteiger partial charge is 0.373 e. The molecule has 90 valence electrons. The Balaban J connectivity index is 1.90. The van der Waals surface area contributed by atoms with Gasteiger partial charge in [-0.2, -0.15) is 5.26 Å². The second-order valence-corrected chi connectivity index (χ2v) is 4.55. The Labute approximate surface area is 102 Å². The average Bonchev–Trinajstić information content (AvgIpc) is 2.65. The molecular weight excluding hydrogens is 212 g/mol. The first-order valence-corrected chi connectivity index (χ1v) is 6.36. The molecule has 1 heterocycles. The van der Waals surface area contributed by atoms with Gasteiger partial charge in [-0.1, -0.05) is 31.7 Å². The first kappa shape index (κ1) is 12.1. The quantitative estimate of drug-likeness (QED) is 0.749. The normalized spacial score (nSPS) is 17.4. The van der Waals surface area contributed by atoms with E-state index in [9.17, 15) is 0 Å². The lowest BCUT2D eigenvalue weighted by molar-refractivity contribution is 0.0307. The number of ether oxygens (including phenoxy) is 1. The molecule has 3 nitrogen and oxygen atoms in total. The fraction of sp³-hybridized carbons (Fsp3) is 0.571. The van der Waals surface area contributed by atoms with Gasteiger partial charge in [0.05, 0.1) is 12.7 Å². The van der Waals surface area contributed by atoms with E-state index >= 15 is 0 Å². The lowest BCUT2D eigenvalue weighted by atomic mass is 10.1. The Bertz CT molecular complexity index is 389. The summed E-state index contributed by atoms with van der Waals surface area (Å²) in [6, 6.07) is 5.88. The van der Waals surface area contributed by atoms with Crippen LogP contribution in [-0.2, 0) is 11.3 Å². The molecule has 1 aromatic heterocycles. The van der Waals surface area contributed by atoms with Crippen molar-refractivity contribution in [1.29, 1.82) is 5.26 Å². The second-order valence-electron chi connectivity index (χ2n) is 4.55. The molecule has 1 aliphatic rings. The molecule has 0 unspecified atom stereocenters. The van der Waals surface area contributed by atoms with E-state index in [0.717, 1.165) is 18.4 Å². The molecule has 0 saturated heterocycles. The van der Waals surface area contributed by atoms with Crippen LogP contribution in [0.1, 0.15) is 49.8 Å². The predicted molar refractivity (Wildman–Crippen MR) is 65.2 cm³/mol. The zero-order chi connectivity index (χ0) is 11.9. The third kappa shape index (κ3) is 3.54. The minimum absolute atomic E-state index is 0.365. The van der Waals surface area contributed by atoms with Gasteiger partial charge in [-0.3, -0.25) is 0 Å². The third-order valence-corrected chi connectivity index (χ3v) is 3.27. The van der Waals surface area contributed by atoms with Gasteiger partial charge in [0.25, 0.3) is 0 Å². The van der Waals surface area contributed by atoms with Crippen molar-refractivity contribution >= 4 is 0 Å². The molecule has 1 saturated carbocycles. The lowest BCUT2D eigenvalue weighted by Crippen LogP contribution is -2.12. The molecule has 2 rings (SSSR count). The van der Waals surface area contributed by atoms with Crippen molar-refractivity contribution in [2.45, 2.75) is 51.2 Å². The van der Waals surface area contributed by atoms with Crippen molar-refractivity contribution in [3.8, 4) is 6.07 Å². The number of aromatic nitrogens is 1. The van der Waals surface area contributed by atoms with Gasteiger partial charge >= 0.3 is 0 Å². The summed E-state index contributed by atoms with van der Waals surface area (Å²) in [6.07, 6.45) is 9.51. The molecule has 1 fully saturated rings. The standard InChI is InChI=1S/C14H18N2O/c15-10-14-12(6-5-9-16-14)11-17-13-7-3-1-2-4-8-13/h5-6,9,13H,1-4,7-8,11H2. The van der Waals surface area contributed by atoms with Gasteiger partial charge in [-0.15, -0.1) is 0 Å². The van der Waals surface area contributed by atoms with Crippen LogP contribution in [-0.4, -0.2) is 11.1 Å². The Morgan fingerprint density at radius 1 is 1.29 bits per heavy atom. The highest BCUT2D eigenvalue weighted by Crippen LogP contribution is 2.21. The molecule has 0 atom stereocenters. The number of rotatable bonds is 3. The summed E-state index contributed by atoms with van der Waals surface area (Å²) in [6.45, 7) is 0.515. The highest BCUT2D eigenvalue weighted by molar-refractivity contribution is 5.29. The van der Waals surface area contributed by atoms with E-state index in [-0.39, 0.29) is 0 Å². The minimum atomic E-state index is 0.365. The van der Waals surface area contributed by atoms with Crippen LogP contribution < -0.4 is 0 Å². The van der Waals surface area contributed by atoms with Gasteiger partial charge in [0.2, 0.25) is 0 Å². The molecule has 3 heteroatoms. The Morgan fingerprint density at radius 2 is 2.06 bits per heavy atom. The fourth-order valence-electron chi connectivity index (χ4n) is 2.27. The van der Waals surface area contributed by atoms with Gasteiger partial charge in [0, 0.05) is 11.8 Å². The Hall–Kier alpha value is -1.40. The molecule has 0 aliphatic heterocycles. The van der Waals surface area contributed by atoms with E-state index in [1.807, 2.05) is 12.1 Å². The Kier molecular flexibility index (Phi) is 4.52. The highest BCUT2D eigenvalue weighted by atomic mass is 16.5. The van der Waals surface area contributed by atoms with Gasteiger partial charge in [0.15, 0.2) is 0 Å². The van der Waals surface area contributed by atoms with Crippen LogP contribution in [0.3, 0.4) is 0 Å². The summed E-state index contributed by atoms with van der Waals surface area (Å²) in [5.41, 5.74) is 1.39. The minimum Gasteiger partial charge on any atom is -0.373 e. The SMILES string of the molecule is N#Cc1ncccc1COC1CCCCCC1. The summed E-state index contributed by atoms with van der Waals surface area (Å²) in [4.78, 5) is 4.04. The summed E-state index contributed by atoms with van der Waals surface area (Å²) >= 11 is 0. The van der Waals surface area contributed by atoms with Crippen molar-refractivity contribution in [1.82, 2.24) is 4.98 Å². The predicted octanol–water partition coefficient (Wildman–Crippen LogP) is 3.19. The maximum Gasteiger partial charge on any atom is 0.145 e. The van der Waals surface area contributed by atoms with Crippen molar-refractivity contribution in [3.63, 3.8) is 0 Å². The lowest BCUT2D eigenvalue weighted by Gasteiger charge is -2.15. The van der Waals surface area contributed by atoms with Crippen molar-refractivity contribution < 1.29 is 4.74 Å². The summed E-state index contributed by atoms with van der Waals surface area (Å²) in [5, 5.41) is 8.93. The molecule has 0 aromatic carbocycles. The van der Waals surface area contributed by atoms with Crippen LogP contribution in [0.2, 0.25) is 0 Å². The van der Waals surface area contributed by atoms with E-state index in [1.165, 1.54) is 25.7 Å². The zero-order valence-electron chi connectivity index (χ0n) is 10.1. The highest BCUT2D eigenvalue weighted by Gasteiger charge is 2.13. The second kappa shape index (κ2) is 6.36. The number of pyridine rings is 1. The average molecular weight is 230 g/mol. The molecular formula is C14H18N2O. The van der Waals surface area contributed by atoms with Crippen LogP contribution >= 0.6 is 0 Å². The summed E-state index contributed by atoms with van der Waals surface area (Å²) in [7, 11) is 0. The third-order valence-electron chi connectivity index (χ3n) is 3.27. The molecule has 0 amide bonds. The summed E-state index contributed by atoms with van der Waals surface area (Å²) < 4.78 is 5.90. The molecule has 0 bridgehead atoms. The first-order valence-electron chi connectivity index (χ1n) is 6.36. The first-order chi connectivity index (χ1) is 8.40. The number of nitriles is 1. The van der Waals surface area contributed by atoms with E-state index < -0.39 is 0 Å². The molecule has 0 N–H and O–H groups in total. The Morgan fingerprint density at radius 3 is 2.76 bits per heavy atom. The van der Waals surface area contributed by atoms with E-state index in [4.69, 9.17) is 10.00 Å². The molecule has 0 spiro atoms. The molecule has 17 heavy (non-hydrogen) atoms. The van der Waals surface area contributed by atoms with Crippen LogP contribution in [0, 0.1) is 11.3 Å². The zero-order valence-corrected chi connectivity index (χ0v) is 10.1. The number of hydrogen-bond acceptors (Lipinski definition) is 3. The van der Waals surface area contributed by atoms with Gasteiger partial charge in [0.1, 0.15) is 11.8 Å². The van der Waals surface area contributed by atoms with Crippen LogP contribution in [0.25, 0.3) is 0 Å².